The molecule has 0 aliphatic carbocycles. The average Bonchev–Trinajstić information content (AvgIpc) is 2.86. The number of hydrogen-bond donors (Lipinski definition) is 3. The second kappa shape index (κ2) is 6.05. The van der Waals surface area contributed by atoms with Crippen LogP contribution < -0.4 is 16.0 Å². The number of piperidine rings is 1. The number of carbonyl (C=O) groups is 3. The van der Waals surface area contributed by atoms with Crippen molar-refractivity contribution in [3.63, 3.8) is 0 Å². The topological polar surface area (TPSA) is 90.5 Å². The smallest absolute Gasteiger partial charge is 0.323 e. The highest BCUT2D eigenvalue weighted by molar-refractivity contribution is 6.05. The summed E-state index contributed by atoms with van der Waals surface area (Å²) in [5, 5.41) is 6.99. The number of likely N-dealkylation sites (tertiary alicyclic amines) is 1. The number of benzene rings is 1. The van der Waals surface area contributed by atoms with Gasteiger partial charge in [0.2, 0.25) is 0 Å². The van der Waals surface area contributed by atoms with Crippen molar-refractivity contribution in [2.45, 2.75) is 24.9 Å². The lowest BCUT2D eigenvalue weighted by atomic mass is 9.91. The molecule has 3 rings (SSSR count). The monoisotopic (exact) mass is 302 g/mol. The molecule has 2 fully saturated rings. The number of carbonyl (C=O) groups excluding carboxylic acids is 3. The Morgan fingerprint density at radius 3 is 2.68 bits per heavy atom. The highest BCUT2D eigenvalue weighted by atomic mass is 16.2. The van der Waals surface area contributed by atoms with E-state index in [0.717, 1.165) is 12.8 Å². The first kappa shape index (κ1) is 14.4. The van der Waals surface area contributed by atoms with Gasteiger partial charge in [0.1, 0.15) is 0 Å². The number of rotatable bonds is 2. The van der Waals surface area contributed by atoms with Gasteiger partial charge in [0.15, 0.2) is 6.17 Å². The molecule has 0 saturated carbocycles. The van der Waals surface area contributed by atoms with Crippen LogP contribution in [0.15, 0.2) is 30.3 Å². The third-order valence-corrected chi connectivity index (χ3v) is 4.02. The first-order valence-corrected chi connectivity index (χ1v) is 7.35. The summed E-state index contributed by atoms with van der Waals surface area (Å²) >= 11 is 0. The van der Waals surface area contributed by atoms with Crippen molar-refractivity contribution < 1.29 is 14.4 Å². The van der Waals surface area contributed by atoms with Crippen molar-refractivity contribution >= 4 is 18.0 Å². The van der Waals surface area contributed by atoms with Gasteiger partial charge in [-0.2, -0.15) is 0 Å². The number of nitrogens with one attached hydrogen (secondary N) is 3. The summed E-state index contributed by atoms with van der Waals surface area (Å²) in [5.41, 5.74) is 1.21. The molecule has 2 aliphatic heterocycles. The van der Waals surface area contributed by atoms with Crippen LogP contribution in [0, 0.1) is 0 Å². The second-order valence-electron chi connectivity index (χ2n) is 5.54. The standard InChI is InChI=1S/C15H18N4O3/c20-13-12(16-14(21)18-13)17-15(22)19-8-4-7-11(9-19)10-5-2-1-3-6-10/h1-3,5-6,11-12H,4,7-9H2,(H,17,22)(H2,16,18,20,21). The van der Waals surface area contributed by atoms with Crippen LogP contribution in [0.1, 0.15) is 24.3 Å². The van der Waals surface area contributed by atoms with Gasteiger partial charge in [-0.3, -0.25) is 10.1 Å². The van der Waals surface area contributed by atoms with Gasteiger partial charge in [0.05, 0.1) is 0 Å². The third-order valence-electron chi connectivity index (χ3n) is 4.02. The summed E-state index contributed by atoms with van der Waals surface area (Å²) in [6.07, 6.45) is 0.960. The van der Waals surface area contributed by atoms with Crippen LogP contribution in [0.3, 0.4) is 0 Å². The molecule has 22 heavy (non-hydrogen) atoms. The molecule has 0 aromatic heterocycles. The Balaban J connectivity index is 1.61. The molecule has 2 atom stereocenters. The summed E-state index contributed by atoms with van der Waals surface area (Å²) in [7, 11) is 0. The number of amides is 5. The number of nitrogens with zero attached hydrogens (tertiary/aromatic N) is 1. The van der Waals surface area contributed by atoms with Crippen molar-refractivity contribution in [3.05, 3.63) is 35.9 Å². The van der Waals surface area contributed by atoms with Crippen LogP contribution >= 0.6 is 0 Å². The van der Waals surface area contributed by atoms with Crippen LogP contribution in [-0.2, 0) is 4.79 Å². The van der Waals surface area contributed by atoms with Gasteiger partial charge in [-0.05, 0) is 18.4 Å². The highest BCUT2D eigenvalue weighted by Crippen LogP contribution is 2.26. The predicted octanol–water partition coefficient (Wildman–Crippen LogP) is 0.741. The van der Waals surface area contributed by atoms with Crippen LogP contribution in [0.4, 0.5) is 9.59 Å². The minimum atomic E-state index is -0.989. The molecular formula is C15H18N4O3. The molecule has 5 amide bonds. The molecule has 0 spiro atoms. The fourth-order valence-electron chi connectivity index (χ4n) is 2.89. The normalized spacial score (nSPS) is 24.6. The van der Waals surface area contributed by atoms with Gasteiger partial charge < -0.3 is 15.5 Å². The maximum Gasteiger partial charge on any atom is 0.323 e. The molecule has 2 saturated heterocycles. The van der Waals surface area contributed by atoms with Crippen molar-refractivity contribution in [2.24, 2.45) is 0 Å². The van der Waals surface area contributed by atoms with E-state index in [1.165, 1.54) is 5.56 Å². The molecule has 0 bridgehead atoms. The summed E-state index contributed by atoms with van der Waals surface area (Å²) in [6, 6.07) is 9.17. The molecule has 3 N–H and O–H groups in total. The fraction of sp³-hybridized carbons (Fsp3) is 0.400. The van der Waals surface area contributed by atoms with Gasteiger partial charge >= 0.3 is 12.1 Å². The average molecular weight is 302 g/mol. The minimum absolute atomic E-state index is 0.299. The largest absolute Gasteiger partial charge is 0.324 e. The number of imide groups is 1. The predicted molar refractivity (Wildman–Crippen MR) is 79.0 cm³/mol. The molecule has 116 valence electrons. The quantitative estimate of drug-likeness (QED) is 0.704. The van der Waals surface area contributed by atoms with Crippen molar-refractivity contribution in [1.82, 2.24) is 20.9 Å². The van der Waals surface area contributed by atoms with E-state index in [1.54, 1.807) is 4.90 Å². The van der Waals surface area contributed by atoms with Crippen LogP contribution in [0.2, 0.25) is 0 Å². The molecule has 0 radical (unpaired) electrons. The van der Waals surface area contributed by atoms with Crippen LogP contribution in [0.25, 0.3) is 0 Å². The van der Waals surface area contributed by atoms with Crippen LogP contribution in [0.5, 0.6) is 0 Å². The molecule has 7 heteroatoms. The summed E-state index contributed by atoms with van der Waals surface area (Å²) in [6.45, 7) is 1.26. The Morgan fingerprint density at radius 2 is 2.00 bits per heavy atom. The van der Waals surface area contributed by atoms with E-state index < -0.39 is 18.1 Å². The van der Waals surface area contributed by atoms with E-state index in [1.807, 2.05) is 18.2 Å². The molecule has 2 heterocycles. The van der Waals surface area contributed by atoms with Gasteiger partial charge in [-0.15, -0.1) is 0 Å². The van der Waals surface area contributed by atoms with E-state index in [-0.39, 0.29) is 6.03 Å². The molecule has 2 aliphatic rings. The maximum absolute atomic E-state index is 12.3. The Hall–Kier alpha value is -2.57. The van der Waals surface area contributed by atoms with E-state index in [2.05, 4.69) is 28.1 Å². The van der Waals surface area contributed by atoms with E-state index in [0.29, 0.717) is 19.0 Å². The fourth-order valence-corrected chi connectivity index (χ4v) is 2.89. The van der Waals surface area contributed by atoms with Crippen molar-refractivity contribution in [2.75, 3.05) is 13.1 Å². The molecule has 1 aromatic carbocycles. The number of urea groups is 2. The van der Waals surface area contributed by atoms with Gasteiger partial charge in [0.25, 0.3) is 5.91 Å². The molecule has 7 nitrogen and oxygen atoms in total. The lowest BCUT2D eigenvalue weighted by molar-refractivity contribution is -0.120. The first-order chi connectivity index (χ1) is 10.6. The Kier molecular flexibility index (Phi) is 3.95. The maximum atomic E-state index is 12.3. The molecule has 1 aromatic rings. The summed E-state index contributed by atoms with van der Waals surface area (Å²) < 4.78 is 0. The zero-order valence-corrected chi connectivity index (χ0v) is 12.0. The second-order valence-corrected chi connectivity index (χ2v) is 5.54. The lowest BCUT2D eigenvalue weighted by Crippen LogP contribution is -2.53. The number of hydrogen-bond acceptors (Lipinski definition) is 3. The zero-order valence-electron chi connectivity index (χ0n) is 12.0. The zero-order chi connectivity index (χ0) is 15.5. The summed E-state index contributed by atoms with van der Waals surface area (Å²) in [4.78, 5) is 36.5. The van der Waals surface area contributed by atoms with Gasteiger partial charge in [-0.1, -0.05) is 30.3 Å². The lowest BCUT2D eigenvalue weighted by Gasteiger charge is -2.33. The van der Waals surface area contributed by atoms with E-state index in [9.17, 15) is 14.4 Å². The van der Waals surface area contributed by atoms with Crippen molar-refractivity contribution in [1.29, 1.82) is 0 Å². The SMILES string of the molecule is O=C1NC(=O)C(NC(=O)N2CCCC(c3ccccc3)C2)N1. The first-order valence-electron chi connectivity index (χ1n) is 7.35. The summed E-state index contributed by atoms with van der Waals surface area (Å²) in [5.74, 6) is -0.234. The minimum Gasteiger partial charge on any atom is -0.324 e. The Labute approximate surface area is 128 Å². The van der Waals surface area contributed by atoms with E-state index >= 15 is 0 Å². The molecular weight excluding hydrogens is 284 g/mol. The van der Waals surface area contributed by atoms with Crippen molar-refractivity contribution in [3.8, 4) is 0 Å². The third kappa shape index (κ3) is 3.03. The van der Waals surface area contributed by atoms with E-state index in [4.69, 9.17) is 0 Å². The Morgan fingerprint density at radius 1 is 1.23 bits per heavy atom. The van der Waals surface area contributed by atoms with Gasteiger partial charge in [-0.25, -0.2) is 9.59 Å². The Bertz CT molecular complexity index is 590. The molecule has 2 unspecified atom stereocenters. The highest BCUT2D eigenvalue weighted by Gasteiger charge is 2.33. The van der Waals surface area contributed by atoms with Gasteiger partial charge in [0, 0.05) is 19.0 Å². The van der Waals surface area contributed by atoms with Crippen LogP contribution in [-0.4, -0.2) is 42.1 Å².